The summed E-state index contributed by atoms with van der Waals surface area (Å²) in [6, 6.07) is 0. The van der Waals surface area contributed by atoms with E-state index in [0.29, 0.717) is 0 Å². The van der Waals surface area contributed by atoms with E-state index in [9.17, 15) is 4.79 Å². The number of carboxylic acid groups (broad SMARTS) is 1. The Morgan fingerprint density at radius 1 is 1.44 bits per heavy atom. The molecule has 0 saturated carbocycles. The number of carboxylic acids is 1. The van der Waals surface area contributed by atoms with Gasteiger partial charge in [-0.1, -0.05) is 23.2 Å². The summed E-state index contributed by atoms with van der Waals surface area (Å²) in [4.78, 5) is 9.87. The van der Waals surface area contributed by atoms with Gasteiger partial charge in [-0.05, 0) is 6.92 Å². The van der Waals surface area contributed by atoms with Crippen LogP contribution in [-0.2, 0) is 32.5 Å². The average molecular weight is 356 g/mol. The van der Waals surface area contributed by atoms with Crippen LogP contribution in [-0.4, -0.2) is 11.1 Å². The third-order valence-electron chi connectivity index (χ3n) is 0.490. The molecule has 0 aromatic carbocycles. The van der Waals surface area contributed by atoms with Gasteiger partial charge in [-0.25, -0.2) is 4.79 Å². The topological polar surface area (TPSA) is 37.3 Å². The summed E-state index contributed by atoms with van der Waals surface area (Å²) in [5, 5.41) is 7.85. The second-order valence-electron chi connectivity index (χ2n) is 1.15. The van der Waals surface area contributed by atoms with Crippen LogP contribution >= 0.6 is 23.2 Å². The van der Waals surface area contributed by atoms with Gasteiger partial charge in [-0.15, -0.1) is 0 Å². The summed E-state index contributed by atoms with van der Waals surface area (Å²) >= 11 is 10.3. The Hall–Kier alpha value is 0.725. The summed E-state index contributed by atoms with van der Waals surface area (Å²) < 4.78 is 0. The van der Waals surface area contributed by atoms with Crippen LogP contribution in [0.4, 0.5) is 0 Å². The molecule has 9 heavy (non-hydrogen) atoms. The fourth-order valence-corrected chi connectivity index (χ4v) is 0.228. The van der Waals surface area contributed by atoms with Gasteiger partial charge < -0.3 is 5.11 Å². The summed E-state index contributed by atoms with van der Waals surface area (Å²) in [6.07, 6.45) is 0. The van der Waals surface area contributed by atoms with Crippen molar-refractivity contribution in [1.82, 2.24) is 0 Å². The molecule has 5 heteroatoms. The quantitative estimate of drug-likeness (QED) is 0.575. The van der Waals surface area contributed by atoms with E-state index in [2.05, 4.69) is 0 Å². The maximum atomic E-state index is 9.87. The standard InChI is InChI=1S/C4H4Cl2O2.Hg/c1-2(5)3(6)4(7)8;/h1H3,(H,7,8);/b3-2+;. The largest absolute Gasteiger partial charge is 0.477 e. The van der Waals surface area contributed by atoms with Gasteiger partial charge in [0.05, 0.1) is 0 Å². The molecule has 0 radical (unpaired) electrons. The number of aliphatic carboxylic acids is 1. The van der Waals surface area contributed by atoms with Gasteiger partial charge in [-0.3, -0.25) is 0 Å². The number of carbonyl (C=O) groups is 1. The van der Waals surface area contributed by atoms with Gasteiger partial charge in [0.15, 0.2) is 0 Å². The fourth-order valence-electron chi connectivity index (χ4n) is 0.147. The summed E-state index contributed by atoms with van der Waals surface area (Å²) in [7, 11) is 0. The summed E-state index contributed by atoms with van der Waals surface area (Å²) in [5.41, 5.74) is 0. The smallest absolute Gasteiger partial charge is 0.348 e. The first-order chi connectivity index (χ1) is 3.55. The van der Waals surface area contributed by atoms with E-state index in [-0.39, 0.29) is 37.7 Å². The van der Waals surface area contributed by atoms with E-state index in [1.54, 1.807) is 0 Å². The molecule has 0 aliphatic rings. The van der Waals surface area contributed by atoms with Crippen LogP contribution in [0.1, 0.15) is 6.92 Å². The Morgan fingerprint density at radius 3 is 1.78 bits per heavy atom. The van der Waals surface area contributed by atoms with E-state index in [1.165, 1.54) is 6.92 Å². The molecule has 0 heterocycles. The summed E-state index contributed by atoms with van der Waals surface area (Å²) in [5.74, 6) is -1.20. The Bertz CT molecular complexity index is 140. The molecule has 0 atom stereocenters. The molecule has 0 bridgehead atoms. The number of hydrogen-bond donors (Lipinski definition) is 1. The van der Waals surface area contributed by atoms with Gasteiger partial charge in [-0.2, -0.15) is 0 Å². The molecular formula is C4H4Cl2HgO2. The van der Waals surface area contributed by atoms with Crippen LogP contribution in [0.15, 0.2) is 10.1 Å². The van der Waals surface area contributed by atoms with E-state index < -0.39 is 5.97 Å². The monoisotopic (exact) mass is 356 g/mol. The minimum atomic E-state index is -1.20. The number of hydrogen-bond acceptors (Lipinski definition) is 1. The number of allylic oxidation sites excluding steroid dienone is 1. The van der Waals surface area contributed by atoms with Crippen molar-refractivity contribution in [2.45, 2.75) is 6.92 Å². The van der Waals surface area contributed by atoms with Gasteiger partial charge in [0, 0.05) is 32.7 Å². The predicted octanol–water partition coefficient (Wildman–Crippen LogP) is 1.78. The minimum Gasteiger partial charge on any atom is -0.477 e. The van der Waals surface area contributed by atoms with Crippen molar-refractivity contribution in [2.75, 3.05) is 0 Å². The number of rotatable bonds is 1. The van der Waals surface area contributed by atoms with Crippen LogP contribution in [0.5, 0.6) is 0 Å². The predicted molar refractivity (Wildman–Crippen MR) is 32.0 cm³/mol. The second-order valence-corrected chi connectivity index (χ2v) is 2.10. The van der Waals surface area contributed by atoms with Gasteiger partial charge in [0.2, 0.25) is 0 Å². The molecule has 1 N–H and O–H groups in total. The van der Waals surface area contributed by atoms with Crippen molar-refractivity contribution in [3.8, 4) is 0 Å². The van der Waals surface area contributed by atoms with Crippen molar-refractivity contribution in [3.63, 3.8) is 0 Å². The first-order valence-electron chi connectivity index (χ1n) is 1.81. The third-order valence-corrected chi connectivity index (χ3v) is 1.22. The number of halogens is 2. The van der Waals surface area contributed by atoms with Crippen molar-refractivity contribution >= 4 is 29.2 Å². The first kappa shape index (κ1) is 12.4. The molecule has 48 valence electrons. The van der Waals surface area contributed by atoms with Crippen LogP contribution in [0.2, 0.25) is 0 Å². The zero-order valence-corrected chi connectivity index (χ0v) is 11.8. The van der Waals surface area contributed by atoms with Crippen molar-refractivity contribution < 1.29 is 37.6 Å². The van der Waals surface area contributed by atoms with E-state index in [1.807, 2.05) is 0 Å². The fraction of sp³-hybridized carbons (Fsp3) is 0.250. The van der Waals surface area contributed by atoms with Gasteiger partial charge in [0.25, 0.3) is 0 Å². The van der Waals surface area contributed by atoms with Crippen LogP contribution < -0.4 is 0 Å². The van der Waals surface area contributed by atoms with Crippen LogP contribution in [0.3, 0.4) is 0 Å². The molecule has 0 unspecified atom stereocenters. The Balaban J connectivity index is 0. The first-order valence-corrected chi connectivity index (χ1v) is 2.56. The maximum Gasteiger partial charge on any atom is 0.348 e. The third kappa shape index (κ3) is 5.18. The zero-order chi connectivity index (χ0) is 6.73. The van der Waals surface area contributed by atoms with Crippen molar-refractivity contribution in [3.05, 3.63) is 10.1 Å². The average Bonchev–Trinajstić information content (AvgIpc) is 1.64. The Kier molecular flexibility index (Phi) is 7.59. The molecular weight excluding hydrogens is 352 g/mol. The van der Waals surface area contributed by atoms with E-state index >= 15 is 0 Å². The zero-order valence-electron chi connectivity index (χ0n) is 4.82. The molecule has 0 amide bonds. The molecule has 0 aromatic heterocycles. The molecule has 0 rings (SSSR count). The Morgan fingerprint density at radius 2 is 1.78 bits per heavy atom. The van der Waals surface area contributed by atoms with Crippen molar-refractivity contribution in [1.29, 1.82) is 0 Å². The summed E-state index contributed by atoms with van der Waals surface area (Å²) in [6.45, 7) is 1.41. The molecule has 0 saturated heterocycles. The van der Waals surface area contributed by atoms with Crippen LogP contribution in [0.25, 0.3) is 0 Å². The van der Waals surface area contributed by atoms with E-state index in [4.69, 9.17) is 28.3 Å². The molecule has 0 fully saturated rings. The normalized spacial score (nSPS) is 11.4. The van der Waals surface area contributed by atoms with E-state index in [0.717, 1.165) is 0 Å². The van der Waals surface area contributed by atoms with Gasteiger partial charge >= 0.3 is 5.97 Å². The molecule has 0 spiro atoms. The molecule has 0 aromatic rings. The molecule has 0 aliphatic carbocycles. The van der Waals surface area contributed by atoms with Gasteiger partial charge in [0.1, 0.15) is 5.03 Å². The van der Waals surface area contributed by atoms with Crippen molar-refractivity contribution in [2.24, 2.45) is 0 Å². The minimum absolute atomic E-state index is 0. The van der Waals surface area contributed by atoms with Crippen LogP contribution in [0, 0.1) is 0 Å². The Labute approximate surface area is 83.3 Å². The SMILES string of the molecule is C/C(Cl)=C(\Cl)C(=O)O.[Hg]. The molecule has 0 aliphatic heterocycles. The second kappa shape index (κ2) is 5.51. The maximum absolute atomic E-state index is 9.87. The molecule has 2 nitrogen and oxygen atoms in total.